The van der Waals surface area contributed by atoms with Crippen LogP contribution in [0.5, 0.6) is 0 Å². The molecule has 0 radical (unpaired) electrons. The first kappa shape index (κ1) is 21.8. The van der Waals surface area contributed by atoms with Gasteiger partial charge in [0.15, 0.2) is 5.16 Å². The predicted molar refractivity (Wildman–Crippen MR) is 133 cm³/mol. The summed E-state index contributed by atoms with van der Waals surface area (Å²) in [6, 6.07) is 16.0. The maximum atomic E-state index is 13.1. The topological polar surface area (TPSA) is 74.3 Å². The molecule has 0 atom stereocenters. The fourth-order valence-electron chi connectivity index (χ4n) is 3.74. The number of benzene rings is 2. The molecule has 9 heteroatoms. The number of para-hydroxylation sites is 1. The first-order chi connectivity index (χ1) is 16.2. The molecular weight excluding hydrogens is 454 g/mol. The van der Waals surface area contributed by atoms with E-state index in [1.165, 1.54) is 5.56 Å². The molecule has 3 aromatic heterocycles. The molecule has 168 valence electrons. The highest BCUT2D eigenvalue weighted by Crippen LogP contribution is 2.28. The molecule has 3 heterocycles. The van der Waals surface area contributed by atoms with Crippen LogP contribution in [0.4, 0.5) is 0 Å². The number of aryl methyl sites for hydroxylation is 2. The largest absolute Gasteiger partial charge is 0.385 e. The quantitative estimate of drug-likeness (QED) is 0.236. The van der Waals surface area contributed by atoms with Crippen LogP contribution in [-0.2, 0) is 17.0 Å². The van der Waals surface area contributed by atoms with Crippen LogP contribution < -0.4 is 5.56 Å². The molecule has 33 heavy (non-hydrogen) atoms. The molecule has 0 fully saturated rings. The molecule has 0 aliphatic heterocycles. The van der Waals surface area contributed by atoms with Crippen molar-refractivity contribution in [3.8, 4) is 10.6 Å². The smallest absolute Gasteiger partial charge is 0.262 e. The third-order valence-corrected chi connectivity index (χ3v) is 7.31. The van der Waals surface area contributed by atoms with Crippen molar-refractivity contribution in [3.63, 3.8) is 0 Å². The lowest BCUT2D eigenvalue weighted by Crippen LogP contribution is -2.24. The molecule has 5 rings (SSSR count). The minimum atomic E-state index is -0.0552. The molecule has 7 nitrogen and oxygen atoms in total. The Labute approximate surface area is 199 Å². The van der Waals surface area contributed by atoms with E-state index in [1.54, 1.807) is 34.8 Å². The van der Waals surface area contributed by atoms with Gasteiger partial charge in [0.25, 0.3) is 5.56 Å². The van der Waals surface area contributed by atoms with Crippen LogP contribution in [0.25, 0.3) is 27.3 Å². The summed E-state index contributed by atoms with van der Waals surface area (Å²) in [5.74, 6) is 1.22. The molecule has 0 bridgehead atoms. The number of thioether (sulfide) groups is 1. The Morgan fingerprint density at radius 1 is 1.09 bits per heavy atom. The third-order valence-electron chi connectivity index (χ3n) is 5.41. The van der Waals surface area contributed by atoms with Gasteiger partial charge in [0, 0.05) is 37.0 Å². The summed E-state index contributed by atoms with van der Waals surface area (Å²) in [5, 5.41) is 13.3. The number of rotatable bonds is 8. The maximum Gasteiger partial charge on any atom is 0.262 e. The average molecular weight is 478 g/mol. The molecule has 2 aromatic carbocycles. The first-order valence-electron chi connectivity index (χ1n) is 10.7. The average Bonchev–Trinajstić information content (AvgIpc) is 3.48. The van der Waals surface area contributed by atoms with Crippen molar-refractivity contribution in [2.75, 3.05) is 13.7 Å². The molecule has 0 saturated carbocycles. The lowest BCUT2D eigenvalue weighted by molar-refractivity contribution is 0.190. The van der Waals surface area contributed by atoms with Crippen molar-refractivity contribution in [1.29, 1.82) is 0 Å². The van der Waals surface area contributed by atoms with Gasteiger partial charge in [-0.05, 0) is 25.5 Å². The van der Waals surface area contributed by atoms with Crippen LogP contribution in [0.2, 0.25) is 0 Å². The highest BCUT2D eigenvalue weighted by molar-refractivity contribution is 7.98. The first-order valence-corrected chi connectivity index (χ1v) is 12.5. The Bertz CT molecular complexity index is 1470. The standard InChI is InChI=1S/C24H23N5O2S2/c1-16-8-10-17(11-9-16)21-25-18(14-32-21)15-33-24-27-26-23-28(12-5-13-31-2)22(30)19-6-3-4-7-20(19)29(23)24/h3-4,6-11,14H,5,12-13,15H2,1-2H3. The van der Waals surface area contributed by atoms with Gasteiger partial charge in [0.05, 0.1) is 16.6 Å². The Morgan fingerprint density at radius 3 is 2.73 bits per heavy atom. The maximum absolute atomic E-state index is 13.1. The molecule has 0 aliphatic rings. The van der Waals surface area contributed by atoms with Gasteiger partial charge in [0.1, 0.15) is 5.01 Å². The van der Waals surface area contributed by atoms with Gasteiger partial charge in [-0.2, -0.15) is 0 Å². The zero-order valence-electron chi connectivity index (χ0n) is 18.4. The number of fused-ring (bicyclic) bond motifs is 3. The summed E-state index contributed by atoms with van der Waals surface area (Å²) in [6.07, 6.45) is 0.723. The van der Waals surface area contributed by atoms with Crippen molar-refractivity contribution in [2.24, 2.45) is 0 Å². The summed E-state index contributed by atoms with van der Waals surface area (Å²) in [4.78, 5) is 17.9. The van der Waals surface area contributed by atoms with Crippen molar-refractivity contribution in [1.82, 2.24) is 24.1 Å². The number of aromatic nitrogens is 5. The molecule has 0 saturated heterocycles. The number of methoxy groups -OCH3 is 1. The van der Waals surface area contributed by atoms with E-state index in [-0.39, 0.29) is 5.56 Å². The van der Waals surface area contributed by atoms with E-state index >= 15 is 0 Å². The van der Waals surface area contributed by atoms with Gasteiger partial charge in [-0.3, -0.25) is 13.8 Å². The molecule has 0 N–H and O–H groups in total. The van der Waals surface area contributed by atoms with E-state index in [9.17, 15) is 4.79 Å². The molecular formula is C24H23N5O2S2. The van der Waals surface area contributed by atoms with E-state index in [1.807, 2.05) is 28.7 Å². The Kier molecular flexibility index (Phi) is 6.26. The van der Waals surface area contributed by atoms with Gasteiger partial charge in [-0.1, -0.05) is 53.7 Å². The van der Waals surface area contributed by atoms with Crippen molar-refractivity contribution in [2.45, 2.75) is 30.8 Å². The van der Waals surface area contributed by atoms with E-state index in [0.717, 1.165) is 33.4 Å². The van der Waals surface area contributed by atoms with Crippen molar-refractivity contribution < 1.29 is 4.74 Å². The SMILES string of the molecule is COCCCn1c(=O)c2ccccc2n2c(SCc3csc(-c4ccc(C)cc4)n3)nnc12. The van der Waals surface area contributed by atoms with Crippen LogP contribution >= 0.6 is 23.1 Å². The van der Waals surface area contributed by atoms with Gasteiger partial charge in [-0.15, -0.1) is 21.5 Å². The fourth-order valence-corrected chi connectivity index (χ4v) is 5.50. The minimum Gasteiger partial charge on any atom is -0.385 e. The monoisotopic (exact) mass is 477 g/mol. The third kappa shape index (κ3) is 4.31. The second-order valence-corrected chi connectivity index (χ2v) is 9.54. The van der Waals surface area contributed by atoms with Gasteiger partial charge in [-0.25, -0.2) is 4.98 Å². The molecule has 0 unspecified atom stereocenters. The normalized spacial score (nSPS) is 11.6. The lowest BCUT2D eigenvalue weighted by Gasteiger charge is -2.11. The number of thiazole rings is 1. The van der Waals surface area contributed by atoms with Gasteiger partial charge < -0.3 is 4.74 Å². The molecule has 0 aliphatic carbocycles. The Hall–Kier alpha value is -3.01. The zero-order valence-corrected chi connectivity index (χ0v) is 20.0. The summed E-state index contributed by atoms with van der Waals surface area (Å²) in [5.41, 5.74) is 4.11. The van der Waals surface area contributed by atoms with E-state index in [2.05, 4.69) is 46.8 Å². The number of ether oxygens (including phenoxy) is 1. The van der Waals surface area contributed by atoms with E-state index in [4.69, 9.17) is 9.72 Å². The molecule has 5 aromatic rings. The summed E-state index contributed by atoms with van der Waals surface area (Å²) in [7, 11) is 1.66. The Balaban J connectivity index is 1.47. The van der Waals surface area contributed by atoms with E-state index < -0.39 is 0 Å². The predicted octanol–water partition coefficient (Wildman–Crippen LogP) is 4.80. The molecule has 0 spiro atoms. The highest BCUT2D eigenvalue weighted by Gasteiger charge is 2.17. The number of hydrogen-bond acceptors (Lipinski definition) is 7. The van der Waals surface area contributed by atoms with Gasteiger partial charge >= 0.3 is 0 Å². The molecule has 0 amide bonds. The van der Waals surface area contributed by atoms with Crippen LogP contribution in [0, 0.1) is 6.92 Å². The summed E-state index contributed by atoms with van der Waals surface area (Å²) < 4.78 is 8.83. The van der Waals surface area contributed by atoms with E-state index in [0.29, 0.717) is 30.1 Å². The lowest BCUT2D eigenvalue weighted by atomic mass is 10.2. The zero-order chi connectivity index (χ0) is 22.8. The summed E-state index contributed by atoms with van der Waals surface area (Å²) >= 11 is 3.21. The second-order valence-electron chi connectivity index (χ2n) is 7.74. The minimum absolute atomic E-state index is 0.0552. The Morgan fingerprint density at radius 2 is 1.91 bits per heavy atom. The van der Waals surface area contributed by atoms with Crippen LogP contribution in [0.1, 0.15) is 17.7 Å². The van der Waals surface area contributed by atoms with Crippen molar-refractivity contribution >= 4 is 39.8 Å². The van der Waals surface area contributed by atoms with Crippen LogP contribution in [0.15, 0.2) is 63.9 Å². The van der Waals surface area contributed by atoms with Crippen LogP contribution in [-0.4, -0.2) is 37.9 Å². The second kappa shape index (κ2) is 9.46. The highest BCUT2D eigenvalue weighted by atomic mass is 32.2. The number of nitrogens with zero attached hydrogens (tertiary/aromatic N) is 5. The number of hydrogen-bond donors (Lipinski definition) is 0. The van der Waals surface area contributed by atoms with Crippen LogP contribution in [0.3, 0.4) is 0 Å². The van der Waals surface area contributed by atoms with Crippen molar-refractivity contribution in [3.05, 3.63) is 75.5 Å². The summed E-state index contributed by atoms with van der Waals surface area (Å²) in [6.45, 7) is 3.18. The fraction of sp³-hybridized carbons (Fsp3) is 0.250. The van der Waals surface area contributed by atoms with Gasteiger partial charge in [0.2, 0.25) is 5.78 Å².